The molecule has 1 spiro atoms. The number of unbranched alkanes of at least 4 members (excludes halogenated alkanes) is 4. The van der Waals surface area contributed by atoms with Gasteiger partial charge < -0.3 is 26.4 Å². The van der Waals surface area contributed by atoms with Crippen LogP contribution in [0.4, 0.5) is 4.79 Å². The number of nitrogens with one attached hydrogen (secondary N) is 2. The molecular formula is C34H51N5O7S. The van der Waals surface area contributed by atoms with Crippen LogP contribution in [-0.2, 0) is 30.8 Å². The summed E-state index contributed by atoms with van der Waals surface area (Å²) in [5, 5.41) is 15.1. The third kappa shape index (κ3) is 7.51. The standard InChI is InChI=1S/C34H51N5O7S/c1-32(2,3)27(22-38-19-16-23-12-9-10-15-26(23)47(38,45)46)37-31(44)36-25(29(41)39-18-11-17-33(39)21-28(33)40)14-8-6-4-5-7-13-24-20-34(24,35)30(42)43/h9-10,12,15,24-25,27H,4-8,11,13-14,16-22,35H2,1-3H3,(H,42,43)(H2,36,37,44)/t24?,25-,27?,33?,34+/m0/s1. The molecule has 5 rings (SSSR count). The Morgan fingerprint density at radius 1 is 1.06 bits per heavy atom. The molecule has 0 bridgehead atoms. The zero-order valence-corrected chi connectivity index (χ0v) is 28.7. The molecule has 2 heterocycles. The van der Waals surface area contributed by atoms with Crippen molar-refractivity contribution in [2.75, 3.05) is 19.6 Å². The van der Waals surface area contributed by atoms with E-state index in [-0.39, 0.29) is 24.2 Å². The van der Waals surface area contributed by atoms with Crippen LogP contribution in [0.15, 0.2) is 29.2 Å². The molecule has 1 aromatic rings. The Labute approximate surface area is 278 Å². The van der Waals surface area contributed by atoms with Crippen LogP contribution in [0.25, 0.3) is 0 Å². The minimum absolute atomic E-state index is 0.0328. The van der Waals surface area contributed by atoms with E-state index >= 15 is 0 Å². The maximum absolute atomic E-state index is 13.8. The van der Waals surface area contributed by atoms with Gasteiger partial charge in [0.1, 0.15) is 17.1 Å². The van der Waals surface area contributed by atoms with Crippen molar-refractivity contribution in [1.82, 2.24) is 19.8 Å². The van der Waals surface area contributed by atoms with Crippen molar-refractivity contribution in [3.05, 3.63) is 29.8 Å². The van der Waals surface area contributed by atoms with Gasteiger partial charge >= 0.3 is 12.0 Å². The quantitative estimate of drug-likeness (QED) is 0.218. The lowest BCUT2D eigenvalue weighted by atomic mass is 9.86. The normalized spacial score (nSPS) is 27.6. The SMILES string of the molecule is CC(C)(C)C(CN1CCc2ccccc2S1(=O)=O)NC(=O)N[C@@H](CCCCCCCC1C[C@]1(N)C(=O)O)C(=O)N1CCCC12CC2=O. The maximum atomic E-state index is 13.8. The van der Waals surface area contributed by atoms with E-state index in [2.05, 4.69) is 10.6 Å². The second-order valence-electron chi connectivity index (χ2n) is 15.1. The lowest BCUT2D eigenvalue weighted by Gasteiger charge is -2.37. The number of likely N-dealkylation sites (tertiary alicyclic amines) is 1. The zero-order valence-electron chi connectivity index (χ0n) is 27.9. The van der Waals surface area contributed by atoms with Crippen LogP contribution in [0.1, 0.15) is 97.0 Å². The fourth-order valence-electron chi connectivity index (χ4n) is 7.33. The van der Waals surface area contributed by atoms with Crippen LogP contribution in [0, 0.1) is 11.3 Å². The molecule has 13 heteroatoms. The molecule has 12 nitrogen and oxygen atoms in total. The minimum atomic E-state index is -3.73. The van der Waals surface area contributed by atoms with Crippen LogP contribution in [0.3, 0.4) is 0 Å². The van der Waals surface area contributed by atoms with E-state index in [1.807, 2.05) is 32.9 Å². The van der Waals surface area contributed by atoms with Crippen molar-refractivity contribution in [3.63, 3.8) is 0 Å². The number of carboxylic acid groups (broad SMARTS) is 1. The van der Waals surface area contributed by atoms with Crippen LogP contribution in [0.5, 0.6) is 0 Å². The van der Waals surface area contributed by atoms with Gasteiger partial charge in [-0.05, 0) is 61.5 Å². The topological polar surface area (TPSA) is 179 Å². The first-order valence-corrected chi connectivity index (χ1v) is 18.6. The van der Waals surface area contributed by atoms with Crippen LogP contribution < -0.4 is 16.4 Å². The van der Waals surface area contributed by atoms with Crippen molar-refractivity contribution in [1.29, 1.82) is 0 Å². The van der Waals surface area contributed by atoms with E-state index in [1.165, 1.54) is 4.31 Å². The summed E-state index contributed by atoms with van der Waals surface area (Å²) in [5.41, 5.74) is 4.41. The van der Waals surface area contributed by atoms with E-state index in [0.29, 0.717) is 56.5 Å². The lowest BCUT2D eigenvalue weighted by molar-refractivity contribution is -0.140. The number of hydrogen-bond acceptors (Lipinski definition) is 7. The summed E-state index contributed by atoms with van der Waals surface area (Å²) in [6, 6.07) is 5.09. The van der Waals surface area contributed by atoms with E-state index in [0.717, 1.165) is 44.1 Å². The number of carbonyl (C=O) groups is 4. The number of carboxylic acids is 1. The molecular weight excluding hydrogens is 622 g/mol. The second-order valence-corrected chi connectivity index (χ2v) is 17.0. The molecule has 0 radical (unpaired) electrons. The summed E-state index contributed by atoms with van der Waals surface area (Å²) in [6.45, 7) is 6.72. The number of urea groups is 1. The Morgan fingerprint density at radius 3 is 2.40 bits per heavy atom. The van der Waals surface area contributed by atoms with Crippen molar-refractivity contribution in [3.8, 4) is 0 Å². The minimum Gasteiger partial charge on any atom is -0.480 e. The second kappa shape index (κ2) is 13.5. The number of hydrogen-bond donors (Lipinski definition) is 4. The van der Waals surface area contributed by atoms with Gasteiger partial charge in [-0.1, -0.05) is 71.1 Å². The molecule has 3 amide bonds. The number of sulfonamides is 1. The summed E-state index contributed by atoms with van der Waals surface area (Å²) >= 11 is 0. The fraction of sp³-hybridized carbons (Fsp3) is 0.706. The van der Waals surface area contributed by atoms with Crippen LogP contribution in [0.2, 0.25) is 0 Å². The first-order valence-electron chi connectivity index (χ1n) is 17.1. The third-order valence-corrected chi connectivity index (χ3v) is 12.7. The average Bonchev–Trinajstić information content (AvgIpc) is 3.80. The number of fused-ring (bicyclic) bond motifs is 1. The van der Waals surface area contributed by atoms with E-state index in [9.17, 15) is 32.7 Å². The highest BCUT2D eigenvalue weighted by atomic mass is 32.2. The number of ketones is 1. The number of nitrogens with two attached hydrogens (primary N) is 1. The molecule has 0 aromatic heterocycles. The largest absolute Gasteiger partial charge is 0.480 e. The molecule has 5 atom stereocenters. The monoisotopic (exact) mass is 673 g/mol. The Kier molecular flexibility index (Phi) is 10.1. The predicted octanol–water partition coefficient (Wildman–Crippen LogP) is 3.18. The Morgan fingerprint density at radius 2 is 1.74 bits per heavy atom. The highest BCUT2D eigenvalue weighted by molar-refractivity contribution is 7.89. The molecule has 2 saturated carbocycles. The number of carbonyl (C=O) groups excluding carboxylic acids is 3. The van der Waals surface area contributed by atoms with Gasteiger partial charge in [0.05, 0.1) is 4.90 Å². The van der Waals surface area contributed by atoms with Gasteiger partial charge in [-0.3, -0.25) is 14.4 Å². The highest BCUT2D eigenvalue weighted by Gasteiger charge is 2.62. The number of benzene rings is 1. The fourth-order valence-corrected chi connectivity index (χ4v) is 9.04. The van der Waals surface area contributed by atoms with Crippen molar-refractivity contribution >= 4 is 33.7 Å². The van der Waals surface area contributed by atoms with Gasteiger partial charge in [-0.2, -0.15) is 4.31 Å². The summed E-state index contributed by atoms with van der Waals surface area (Å²) in [6.07, 6.45) is 8.36. The van der Waals surface area contributed by atoms with E-state index in [1.54, 1.807) is 17.0 Å². The third-order valence-electron chi connectivity index (χ3n) is 10.8. The van der Waals surface area contributed by atoms with Gasteiger partial charge in [-0.25, -0.2) is 13.2 Å². The number of nitrogens with zero attached hydrogens (tertiary/aromatic N) is 2. The average molecular weight is 674 g/mol. The lowest BCUT2D eigenvalue weighted by Crippen LogP contribution is -2.58. The zero-order chi connectivity index (χ0) is 34.2. The molecule has 3 fully saturated rings. The Hall–Kier alpha value is -3.03. The van der Waals surface area contributed by atoms with E-state index in [4.69, 9.17) is 5.73 Å². The molecule has 2 aliphatic heterocycles. The summed E-state index contributed by atoms with van der Waals surface area (Å²) < 4.78 is 28.3. The molecule has 1 aromatic carbocycles. The molecule has 1 saturated heterocycles. The van der Waals surface area contributed by atoms with Crippen molar-refractivity contribution in [2.45, 2.75) is 126 Å². The van der Waals surface area contributed by atoms with Gasteiger partial charge in [0.15, 0.2) is 5.78 Å². The molecule has 5 N–H and O–H groups in total. The first kappa shape index (κ1) is 35.3. The van der Waals surface area contributed by atoms with Crippen LogP contribution >= 0.6 is 0 Å². The summed E-state index contributed by atoms with van der Waals surface area (Å²) in [7, 11) is -3.73. The molecule has 3 unspecified atom stereocenters. The van der Waals surface area contributed by atoms with Crippen molar-refractivity contribution in [2.24, 2.45) is 17.1 Å². The molecule has 2 aliphatic carbocycles. The van der Waals surface area contributed by atoms with Gasteiger partial charge in [0.2, 0.25) is 15.9 Å². The van der Waals surface area contributed by atoms with Crippen molar-refractivity contribution < 1.29 is 32.7 Å². The van der Waals surface area contributed by atoms with Crippen LogP contribution in [-0.4, -0.2) is 89.2 Å². The number of rotatable bonds is 14. The number of amides is 3. The van der Waals surface area contributed by atoms with Gasteiger partial charge in [-0.15, -0.1) is 0 Å². The molecule has 260 valence electrons. The number of Topliss-reactive ketones (excluding diaryl/α,β-unsaturated/α-hetero) is 1. The molecule has 47 heavy (non-hydrogen) atoms. The summed E-state index contributed by atoms with van der Waals surface area (Å²) in [4.78, 5) is 52.9. The van der Waals surface area contributed by atoms with Gasteiger partial charge in [0.25, 0.3) is 0 Å². The first-order chi connectivity index (χ1) is 22.1. The molecule has 4 aliphatic rings. The predicted molar refractivity (Wildman–Crippen MR) is 176 cm³/mol. The van der Waals surface area contributed by atoms with E-state index < -0.39 is 50.6 Å². The Balaban J connectivity index is 1.18. The maximum Gasteiger partial charge on any atom is 0.323 e. The Bertz CT molecular complexity index is 1490. The smallest absolute Gasteiger partial charge is 0.323 e. The highest BCUT2D eigenvalue weighted by Crippen LogP contribution is 2.46. The summed E-state index contributed by atoms with van der Waals surface area (Å²) in [5.74, 6) is -1.07. The number of aliphatic carboxylic acids is 1. The van der Waals surface area contributed by atoms with Gasteiger partial charge in [0, 0.05) is 32.1 Å².